The molecule has 2 fully saturated rings. The Balaban J connectivity index is 1.44. The molecule has 0 saturated carbocycles. The fourth-order valence-corrected chi connectivity index (χ4v) is 5.73. The van der Waals surface area contributed by atoms with E-state index in [9.17, 15) is 14.9 Å². The summed E-state index contributed by atoms with van der Waals surface area (Å²) in [4.78, 5) is 33.2. The van der Waals surface area contributed by atoms with Gasteiger partial charge in [0, 0.05) is 30.9 Å². The predicted molar refractivity (Wildman–Crippen MR) is 145 cm³/mol. The summed E-state index contributed by atoms with van der Waals surface area (Å²) < 4.78 is 11.0. The number of piperidine rings is 1. The first-order valence-electron chi connectivity index (χ1n) is 13.3. The van der Waals surface area contributed by atoms with Gasteiger partial charge in [-0.15, -0.1) is 0 Å². The van der Waals surface area contributed by atoms with Crippen molar-refractivity contribution in [3.05, 3.63) is 77.2 Å². The Morgan fingerprint density at radius 2 is 1.95 bits per heavy atom. The SMILES string of the molecule is Cc1cc(CN2C(=O)N(c3cccc(C#N)c3)C3(CCN(Cc4cccc(OC(C)C)c4)C(C)C3)C2=O)no1. The van der Waals surface area contributed by atoms with E-state index in [-0.39, 0.29) is 24.6 Å². The molecule has 2 unspecified atom stereocenters. The molecular weight excluding hydrogens is 494 g/mol. The summed E-state index contributed by atoms with van der Waals surface area (Å²) in [6, 6.07) is 18.5. The van der Waals surface area contributed by atoms with Gasteiger partial charge in [-0.2, -0.15) is 5.26 Å². The third-order valence-corrected chi connectivity index (χ3v) is 7.45. The number of hydrogen-bond donors (Lipinski definition) is 0. The zero-order valence-corrected chi connectivity index (χ0v) is 22.8. The number of ether oxygens (including phenoxy) is 1. The number of likely N-dealkylation sites (tertiary alicyclic amines) is 1. The van der Waals surface area contributed by atoms with Crippen molar-refractivity contribution in [1.82, 2.24) is 15.0 Å². The van der Waals surface area contributed by atoms with Crippen LogP contribution >= 0.6 is 0 Å². The highest BCUT2D eigenvalue weighted by Crippen LogP contribution is 2.43. The Bertz CT molecular complexity index is 1430. The van der Waals surface area contributed by atoms with Crippen molar-refractivity contribution < 1.29 is 18.8 Å². The molecule has 2 aliphatic heterocycles. The van der Waals surface area contributed by atoms with Crippen LogP contribution in [-0.4, -0.2) is 51.1 Å². The van der Waals surface area contributed by atoms with Gasteiger partial charge in [0.2, 0.25) is 0 Å². The summed E-state index contributed by atoms with van der Waals surface area (Å²) in [5.41, 5.74) is 1.58. The maximum Gasteiger partial charge on any atom is 0.332 e. The molecule has 0 bridgehead atoms. The molecule has 3 aromatic rings. The molecule has 1 aromatic heterocycles. The molecule has 3 amide bonds. The van der Waals surface area contributed by atoms with E-state index in [0.717, 1.165) is 11.3 Å². The lowest BCUT2D eigenvalue weighted by Crippen LogP contribution is -2.59. The average molecular weight is 528 g/mol. The molecule has 1 spiro atoms. The zero-order valence-electron chi connectivity index (χ0n) is 22.8. The molecule has 2 saturated heterocycles. The first-order valence-corrected chi connectivity index (χ1v) is 13.3. The van der Waals surface area contributed by atoms with Crippen molar-refractivity contribution in [2.45, 2.75) is 71.3 Å². The Labute approximate surface area is 228 Å². The molecule has 2 aromatic carbocycles. The number of urea groups is 1. The quantitative estimate of drug-likeness (QED) is 0.397. The number of nitrogens with zero attached hydrogens (tertiary/aromatic N) is 5. The van der Waals surface area contributed by atoms with Crippen LogP contribution in [0.5, 0.6) is 5.75 Å². The summed E-state index contributed by atoms with van der Waals surface area (Å²) in [6.07, 6.45) is 1.02. The fraction of sp³-hybridized carbons (Fsp3) is 0.400. The molecule has 3 heterocycles. The van der Waals surface area contributed by atoms with Crippen molar-refractivity contribution in [2.75, 3.05) is 11.4 Å². The van der Waals surface area contributed by atoms with E-state index in [0.29, 0.717) is 48.6 Å². The third-order valence-electron chi connectivity index (χ3n) is 7.45. The topological polar surface area (TPSA) is 103 Å². The van der Waals surface area contributed by atoms with E-state index in [1.807, 2.05) is 26.0 Å². The lowest BCUT2D eigenvalue weighted by Gasteiger charge is -2.45. The van der Waals surface area contributed by atoms with E-state index in [1.165, 1.54) is 4.90 Å². The smallest absolute Gasteiger partial charge is 0.332 e. The number of carbonyl (C=O) groups excluding carboxylic acids is 2. The van der Waals surface area contributed by atoms with Gasteiger partial charge < -0.3 is 9.26 Å². The number of anilines is 1. The molecule has 0 radical (unpaired) electrons. The summed E-state index contributed by atoms with van der Waals surface area (Å²) in [6.45, 7) is 9.25. The van der Waals surface area contributed by atoms with Gasteiger partial charge in [-0.25, -0.2) is 4.79 Å². The second kappa shape index (κ2) is 10.5. The van der Waals surface area contributed by atoms with E-state index < -0.39 is 11.6 Å². The monoisotopic (exact) mass is 527 g/mol. The molecular formula is C30H33N5O4. The number of hydrogen-bond acceptors (Lipinski definition) is 7. The number of carbonyl (C=O) groups is 2. The highest BCUT2D eigenvalue weighted by atomic mass is 16.5. The van der Waals surface area contributed by atoms with Crippen molar-refractivity contribution in [3.63, 3.8) is 0 Å². The Kier molecular flexibility index (Phi) is 7.15. The van der Waals surface area contributed by atoms with Crippen LogP contribution in [0.15, 0.2) is 59.1 Å². The second-order valence-electron chi connectivity index (χ2n) is 10.7. The molecule has 0 N–H and O–H groups in total. The van der Waals surface area contributed by atoms with Crippen LogP contribution in [0.2, 0.25) is 0 Å². The zero-order chi connectivity index (χ0) is 27.7. The number of imide groups is 1. The minimum absolute atomic E-state index is 0.0149. The van der Waals surface area contributed by atoms with Gasteiger partial charge in [0.15, 0.2) is 0 Å². The minimum Gasteiger partial charge on any atom is -0.491 e. The molecule has 5 rings (SSSR count). The fourth-order valence-electron chi connectivity index (χ4n) is 5.73. The minimum atomic E-state index is -1.05. The number of aromatic nitrogens is 1. The van der Waals surface area contributed by atoms with E-state index in [4.69, 9.17) is 9.26 Å². The Morgan fingerprint density at radius 3 is 2.64 bits per heavy atom. The maximum atomic E-state index is 14.1. The van der Waals surface area contributed by atoms with Gasteiger partial charge in [0.1, 0.15) is 22.7 Å². The molecule has 9 nitrogen and oxygen atoms in total. The molecule has 39 heavy (non-hydrogen) atoms. The van der Waals surface area contributed by atoms with E-state index >= 15 is 0 Å². The van der Waals surface area contributed by atoms with Crippen LogP contribution in [0.3, 0.4) is 0 Å². The maximum absolute atomic E-state index is 14.1. The molecule has 2 aliphatic rings. The van der Waals surface area contributed by atoms with Crippen molar-refractivity contribution in [2.24, 2.45) is 0 Å². The van der Waals surface area contributed by atoms with Crippen LogP contribution in [0.4, 0.5) is 10.5 Å². The lowest BCUT2D eigenvalue weighted by molar-refractivity contribution is -0.133. The number of benzene rings is 2. The first kappa shape index (κ1) is 26.4. The van der Waals surface area contributed by atoms with Gasteiger partial charge in [-0.05, 0) is 76.4 Å². The normalized spacial score (nSPS) is 21.7. The van der Waals surface area contributed by atoms with Gasteiger partial charge in [0.25, 0.3) is 5.91 Å². The van der Waals surface area contributed by atoms with Crippen molar-refractivity contribution in [3.8, 4) is 11.8 Å². The Hall–Kier alpha value is -4.16. The van der Waals surface area contributed by atoms with Crippen molar-refractivity contribution in [1.29, 1.82) is 5.26 Å². The molecule has 202 valence electrons. The van der Waals surface area contributed by atoms with Gasteiger partial charge in [0.05, 0.1) is 24.3 Å². The Morgan fingerprint density at radius 1 is 1.15 bits per heavy atom. The highest BCUT2D eigenvalue weighted by Gasteiger charge is 2.59. The van der Waals surface area contributed by atoms with Crippen LogP contribution in [0.25, 0.3) is 0 Å². The second-order valence-corrected chi connectivity index (χ2v) is 10.7. The highest BCUT2D eigenvalue weighted by molar-refractivity contribution is 6.17. The summed E-state index contributed by atoms with van der Waals surface area (Å²) in [5.74, 6) is 1.21. The van der Waals surface area contributed by atoms with Crippen LogP contribution in [-0.2, 0) is 17.9 Å². The van der Waals surface area contributed by atoms with Crippen LogP contribution < -0.4 is 9.64 Å². The van der Waals surface area contributed by atoms with Crippen molar-refractivity contribution >= 4 is 17.6 Å². The van der Waals surface area contributed by atoms with Crippen LogP contribution in [0, 0.1) is 18.3 Å². The first-order chi connectivity index (χ1) is 18.7. The summed E-state index contributed by atoms with van der Waals surface area (Å²) >= 11 is 0. The van der Waals surface area contributed by atoms with Gasteiger partial charge >= 0.3 is 6.03 Å². The standard InChI is InChI=1S/C30H33N5O4/c1-20(2)38-27-10-6-8-24(15-27)18-33-12-11-30(16-21(33)3)28(36)34(19-25-13-22(4)39-32-25)29(37)35(30)26-9-5-7-23(14-26)17-31/h5-10,13-15,20-21H,11-12,16,18-19H2,1-4H3. The van der Waals surface area contributed by atoms with E-state index in [1.54, 1.807) is 42.2 Å². The van der Waals surface area contributed by atoms with Crippen LogP contribution in [0.1, 0.15) is 56.2 Å². The molecule has 0 aliphatic carbocycles. The lowest BCUT2D eigenvalue weighted by atomic mass is 9.81. The number of amides is 3. The average Bonchev–Trinajstić information content (AvgIpc) is 3.40. The third kappa shape index (κ3) is 5.12. The number of rotatable bonds is 7. The van der Waals surface area contributed by atoms with Gasteiger partial charge in [-0.1, -0.05) is 23.4 Å². The predicted octanol–water partition coefficient (Wildman–Crippen LogP) is 5.03. The number of nitriles is 1. The largest absolute Gasteiger partial charge is 0.491 e. The van der Waals surface area contributed by atoms with E-state index in [2.05, 4.69) is 35.2 Å². The molecule has 9 heteroatoms. The van der Waals surface area contributed by atoms with Gasteiger partial charge in [-0.3, -0.25) is 19.5 Å². The summed E-state index contributed by atoms with van der Waals surface area (Å²) in [7, 11) is 0. The molecule has 2 atom stereocenters. The summed E-state index contributed by atoms with van der Waals surface area (Å²) in [5, 5.41) is 13.5. The number of aryl methyl sites for hydroxylation is 1.